The van der Waals surface area contributed by atoms with Gasteiger partial charge in [0.05, 0.1) is 12.0 Å². The Morgan fingerprint density at radius 2 is 1.91 bits per heavy atom. The summed E-state index contributed by atoms with van der Waals surface area (Å²) < 4.78 is 33.0. The third kappa shape index (κ3) is 4.46. The van der Waals surface area contributed by atoms with Crippen LogP contribution in [-0.2, 0) is 10.0 Å². The Bertz CT molecular complexity index is 620. The average molecular weight is 340 g/mol. The number of nitrogens with zero attached hydrogens (tertiary/aromatic N) is 1. The van der Waals surface area contributed by atoms with Crippen LogP contribution in [-0.4, -0.2) is 46.1 Å². The molecule has 130 valence electrons. The summed E-state index contributed by atoms with van der Waals surface area (Å²) in [6.07, 6.45) is 3.67. The second-order valence-electron chi connectivity index (χ2n) is 6.37. The first-order chi connectivity index (χ1) is 10.8. The van der Waals surface area contributed by atoms with Gasteiger partial charge in [-0.3, -0.25) is 4.90 Å². The highest BCUT2D eigenvalue weighted by atomic mass is 32.2. The fourth-order valence-electron chi connectivity index (χ4n) is 3.28. The molecule has 1 saturated heterocycles. The first kappa shape index (κ1) is 18.2. The Morgan fingerprint density at radius 3 is 2.48 bits per heavy atom. The fraction of sp³-hybridized carbons (Fsp3) is 0.647. The van der Waals surface area contributed by atoms with Gasteiger partial charge in [0.1, 0.15) is 5.75 Å². The van der Waals surface area contributed by atoms with E-state index in [0.717, 1.165) is 30.0 Å². The molecule has 0 aliphatic carbocycles. The van der Waals surface area contributed by atoms with Gasteiger partial charge in [-0.05, 0) is 63.4 Å². The van der Waals surface area contributed by atoms with Gasteiger partial charge in [-0.25, -0.2) is 13.1 Å². The molecule has 0 amide bonds. The molecule has 0 radical (unpaired) electrons. The van der Waals surface area contributed by atoms with E-state index in [4.69, 9.17) is 4.74 Å². The third-order valence-electron chi connectivity index (χ3n) is 4.58. The third-order valence-corrected chi connectivity index (χ3v) is 6.02. The Hall–Kier alpha value is -1.11. The van der Waals surface area contributed by atoms with Crippen molar-refractivity contribution in [2.45, 2.75) is 51.0 Å². The number of methoxy groups -OCH3 is 1. The van der Waals surface area contributed by atoms with Gasteiger partial charge in [0.25, 0.3) is 0 Å². The monoisotopic (exact) mass is 340 g/mol. The molecule has 5 nitrogen and oxygen atoms in total. The summed E-state index contributed by atoms with van der Waals surface area (Å²) in [6, 6.07) is 3.87. The number of hydrogen-bond acceptors (Lipinski definition) is 4. The van der Waals surface area contributed by atoms with E-state index in [0.29, 0.717) is 17.5 Å². The van der Waals surface area contributed by atoms with E-state index < -0.39 is 10.0 Å². The quantitative estimate of drug-likeness (QED) is 0.864. The standard InChI is InChI=1S/C17H28N2O3S/c1-13-11-16(12-14(2)17(13)22-4)23(20,21)18-8-10-19-9-6-5-7-15(19)3/h11-12,15,18H,5-10H2,1-4H3. The van der Waals surface area contributed by atoms with Crippen molar-refractivity contribution in [3.8, 4) is 5.75 Å². The zero-order valence-corrected chi connectivity index (χ0v) is 15.4. The summed E-state index contributed by atoms with van der Waals surface area (Å²) in [6.45, 7) is 8.19. The number of hydrogen-bond donors (Lipinski definition) is 1. The van der Waals surface area contributed by atoms with Gasteiger partial charge in [0.15, 0.2) is 0 Å². The molecule has 2 rings (SSSR count). The highest BCUT2D eigenvalue weighted by Gasteiger charge is 2.20. The summed E-state index contributed by atoms with van der Waals surface area (Å²) in [7, 11) is -1.88. The van der Waals surface area contributed by atoms with Crippen molar-refractivity contribution in [3.63, 3.8) is 0 Å². The predicted molar refractivity (Wildman–Crippen MR) is 92.5 cm³/mol. The molecule has 1 aliphatic rings. The molecule has 1 heterocycles. The van der Waals surface area contributed by atoms with Crippen molar-refractivity contribution in [3.05, 3.63) is 23.3 Å². The van der Waals surface area contributed by atoms with Crippen LogP contribution in [0.2, 0.25) is 0 Å². The van der Waals surface area contributed by atoms with E-state index in [1.54, 1.807) is 19.2 Å². The maximum atomic E-state index is 12.5. The first-order valence-corrected chi connectivity index (χ1v) is 9.72. The largest absolute Gasteiger partial charge is 0.496 e. The zero-order valence-electron chi connectivity index (χ0n) is 14.6. The average Bonchev–Trinajstić information content (AvgIpc) is 2.49. The van der Waals surface area contributed by atoms with E-state index in [1.165, 1.54) is 19.3 Å². The maximum absolute atomic E-state index is 12.5. The van der Waals surface area contributed by atoms with E-state index in [9.17, 15) is 8.42 Å². The Morgan fingerprint density at radius 1 is 1.26 bits per heavy atom. The lowest BCUT2D eigenvalue weighted by molar-refractivity contribution is 0.164. The van der Waals surface area contributed by atoms with Gasteiger partial charge in [0, 0.05) is 19.1 Å². The summed E-state index contributed by atoms with van der Waals surface area (Å²) in [5.74, 6) is 0.742. The van der Waals surface area contributed by atoms with E-state index in [1.807, 2.05) is 13.8 Å². The minimum atomic E-state index is -3.48. The zero-order chi connectivity index (χ0) is 17.0. The van der Waals surface area contributed by atoms with Gasteiger partial charge in [-0.15, -0.1) is 0 Å². The molecule has 1 fully saturated rings. The first-order valence-electron chi connectivity index (χ1n) is 8.24. The molecule has 1 unspecified atom stereocenters. The molecular weight excluding hydrogens is 312 g/mol. The number of piperidine rings is 1. The van der Waals surface area contributed by atoms with Crippen LogP contribution in [0.3, 0.4) is 0 Å². The van der Waals surface area contributed by atoms with Crippen LogP contribution < -0.4 is 9.46 Å². The molecule has 0 spiro atoms. The number of likely N-dealkylation sites (tertiary alicyclic amines) is 1. The number of benzene rings is 1. The number of ether oxygens (including phenoxy) is 1. The molecule has 0 saturated carbocycles. The molecule has 6 heteroatoms. The van der Waals surface area contributed by atoms with E-state index in [2.05, 4.69) is 16.5 Å². The van der Waals surface area contributed by atoms with Gasteiger partial charge >= 0.3 is 0 Å². The minimum Gasteiger partial charge on any atom is -0.496 e. The summed E-state index contributed by atoms with van der Waals surface area (Å²) in [5, 5.41) is 0. The lowest BCUT2D eigenvalue weighted by Crippen LogP contribution is -2.42. The molecule has 0 bridgehead atoms. The number of sulfonamides is 1. The molecule has 23 heavy (non-hydrogen) atoms. The van der Waals surface area contributed by atoms with Crippen molar-refractivity contribution in [1.29, 1.82) is 0 Å². The van der Waals surface area contributed by atoms with Crippen molar-refractivity contribution in [1.82, 2.24) is 9.62 Å². The topological polar surface area (TPSA) is 58.6 Å². The SMILES string of the molecule is COc1c(C)cc(S(=O)(=O)NCCN2CCCCC2C)cc1C. The van der Waals surface area contributed by atoms with Crippen molar-refractivity contribution >= 4 is 10.0 Å². The second kappa shape index (κ2) is 7.64. The van der Waals surface area contributed by atoms with E-state index >= 15 is 0 Å². The summed E-state index contributed by atoms with van der Waals surface area (Å²) >= 11 is 0. The molecule has 1 atom stereocenters. The molecule has 1 aromatic rings. The maximum Gasteiger partial charge on any atom is 0.240 e. The summed E-state index contributed by atoms with van der Waals surface area (Å²) in [4.78, 5) is 2.66. The van der Waals surface area contributed by atoms with Crippen LogP contribution in [0.4, 0.5) is 0 Å². The van der Waals surface area contributed by atoms with Crippen LogP contribution >= 0.6 is 0 Å². The smallest absolute Gasteiger partial charge is 0.240 e. The lowest BCUT2D eigenvalue weighted by atomic mass is 10.0. The number of rotatable bonds is 6. The predicted octanol–water partition coefficient (Wildman–Crippen LogP) is 2.46. The van der Waals surface area contributed by atoms with Crippen LogP contribution in [0, 0.1) is 13.8 Å². The highest BCUT2D eigenvalue weighted by molar-refractivity contribution is 7.89. The van der Waals surface area contributed by atoms with Gasteiger partial charge in [0.2, 0.25) is 10.0 Å². The fourth-order valence-corrected chi connectivity index (χ4v) is 4.47. The van der Waals surface area contributed by atoms with E-state index in [-0.39, 0.29) is 0 Å². The van der Waals surface area contributed by atoms with Gasteiger partial charge in [-0.2, -0.15) is 0 Å². The van der Waals surface area contributed by atoms with Crippen molar-refractivity contribution < 1.29 is 13.2 Å². The van der Waals surface area contributed by atoms with Crippen LogP contribution in [0.15, 0.2) is 17.0 Å². The van der Waals surface area contributed by atoms with Crippen LogP contribution in [0.5, 0.6) is 5.75 Å². The Labute approximate surface area is 140 Å². The minimum absolute atomic E-state index is 0.306. The molecular formula is C17H28N2O3S. The number of nitrogens with one attached hydrogen (secondary N) is 1. The van der Waals surface area contributed by atoms with Gasteiger partial charge in [-0.1, -0.05) is 6.42 Å². The Kier molecular flexibility index (Phi) is 6.06. The number of aryl methyl sites for hydroxylation is 2. The molecule has 1 aromatic carbocycles. The van der Waals surface area contributed by atoms with Gasteiger partial charge < -0.3 is 4.74 Å². The lowest BCUT2D eigenvalue weighted by Gasteiger charge is -2.33. The normalized spacial score (nSPS) is 19.7. The summed E-state index contributed by atoms with van der Waals surface area (Å²) in [5.41, 5.74) is 1.66. The van der Waals surface area contributed by atoms with Crippen LogP contribution in [0.1, 0.15) is 37.3 Å². The highest BCUT2D eigenvalue weighted by Crippen LogP contribution is 2.26. The van der Waals surface area contributed by atoms with Crippen molar-refractivity contribution in [2.75, 3.05) is 26.7 Å². The molecule has 1 N–H and O–H groups in total. The molecule has 1 aliphatic heterocycles. The molecule has 0 aromatic heterocycles. The second-order valence-corrected chi connectivity index (χ2v) is 8.14. The van der Waals surface area contributed by atoms with Crippen LogP contribution in [0.25, 0.3) is 0 Å². The van der Waals surface area contributed by atoms with Crippen molar-refractivity contribution in [2.24, 2.45) is 0 Å². The Balaban J connectivity index is 2.01.